The fourth-order valence-corrected chi connectivity index (χ4v) is 5.45. The molecule has 10 nitrogen and oxygen atoms in total. The number of nitrogens with one attached hydrogen (secondary N) is 1. The van der Waals surface area contributed by atoms with Crippen LogP contribution in [0.2, 0.25) is 0 Å². The molecule has 1 aliphatic heterocycles. The first kappa shape index (κ1) is 24.7. The van der Waals surface area contributed by atoms with Crippen molar-refractivity contribution in [2.75, 3.05) is 38.9 Å². The number of sulfonamides is 1. The Morgan fingerprint density at radius 1 is 1.21 bits per heavy atom. The minimum absolute atomic E-state index is 0.0611. The number of amides is 3. The third-order valence-corrected chi connectivity index (χ3v) is 7.82. The van der Waals surface area contributed by atoms with Crippen molar-refractivity contribution in [3.63, 3.8) is 0 Å². The zero-order valence-corrected chi connectivity index (χ0v) is 20.5. The zero-order valence-electron chi connectivity index (χ0n) is 18.9. The number of nitrogens with zero attached hydrogens (tertiary/aromatic N) is 2. The van der Waals surface area contributed by atoms with Crippen LogP contribution in [0.1, 0.15) is 46.2 Å². The van der Waals surface area contributed by atoms with E-state index in [9.17, 15) is 22.8 Å². The summed E-state index contributed by atoms with van der Waals surface area (Å²) >= 11 is 1.07. The van der Waals surface area contributed by atoms with Gasteiger partial charge in [-0.25, -0.2) is 12.7 Å². The summed E-state index contributed by atoms with van der Waals surface area (Å²) in [5, 5.41) is 4.29. The number of fused-ring (bicyclic) bond motifs is 1. The lowest BCUT2D eigenvalue weighted by Crippen LogP contribution is -2.40. The van der Waals surface area contributed by atoms with Gasteiger partial charge in [0.1, 0.15) is 5.00 Å². The molecular formula is C21H25N3O7S2. The number of methoxy groups -OCH3 is 1. The van der Waals surface area contributed by atoms with Crippen LogP contribution in [0.5, 0.6) is 11.5 Å². The van der Waals surface area contributed by atoms with Gasteiger partial charge in [0.2, 0.25) is 15.9 Å². The van der Waals surface area contributed by atoms with Gasteiger partial charge < -0.3 is 14.8 Å². The Kier molecular flexibility index (Phi) is 7.10. The Balaban J connectivity index is 2.12. The topological polar surface area (TPSA) is 122 Å². The second-order valence-corrected chi connectivity index (χ2v) is 10.5. The third-order valence-electron chi connectivity index (χ3n) is 5.07. The Morgan fingerprint density at radius 3 is 2.48 bits per heavy atom. The number of carbonyl (C=O) groups is 3. The molecule has 178 valence electrons. The molecule has 0 unspecified atom stereocenters. The molecule has 0 aliphatic carbocycles. The second-order valence-electron chi connectivity index (χ2n) is 7.44. The lowest BCUT2D eigenvalue weighted by atomic mass is 10.1. The second kappa shape index (κ2) is 9.49. The molecule has 1 atom stereocenters. The van der Waals surface area contributed by atoms with E-state index in [4.69, 9.17) is 9.47 Å². The van der Waals surface area contributed by atoms with E-state index in [1.165, 1.54) is 33.5 Å². The molecule has 0 bridgehead atoms. The van der Waals surface area contributed by atoms with E-state index in [1.807, 2.05) is 0 Å². The van der Waals surface area contributed by atoms with Crippen molar-refractivity contribution in [3.05, 3.63) is 40.3 Å². The number of hydrogen-bond acceptors (Lipinski definition) is 8. The molecule has 0 radical (unpaired) electrons. The van der Waals surface area contributed by atoms with Gasteiger partial charge in [0, 0.05) is 26.4 Å². The minimum atomic E-state index is -3.82. The van der Waals surface area contributed by atoms with Crippen molar-refractivity contribution >= 4 is 44.1 Å². The molecule has 1 aromatic carbocycles. The van der Waals surface area contributed by atoms with Crippen LogP contribution in [-0.4, -0.2) is 68.9 Å². The smallest absolute Gasteiger partial charge is 0.265 e. The van der Waals surface area contributed by atoms with Crippen LogP contribution in [0.3, 0.4) is 0 Å². The van der Waals surface area contributed by atoms with Gasteiger partial charge in [-0.05, 0) is 24.6 Å². The first-order valence-corrected chi connectivity index (χ1v) is 12.5. The van der Waals surface area contributed by atoms with Crippen LogP contribution in [0, 0.1) is 0 Å². The summed E-state index contributed by atoms with van der Waals surface area (Å²) in [7, 11) is 0.410. The van der Waals surface area contributed by atoms with Crippen molar-refractivity contribution in [2.24, 2.45) is 0 Å². The van der Waals surface area contributed by atoms with E-state index in [0.717, 1.165) is 20.5 Å². The molecule has 1 aromatic heterocycles. The molecule has 2 aromatic rings. The van der Waals surface area contributed by atoms with E-state index in [1.54, 1.807) is 25.1 Å². The van der Waals surface area contributed by atoms with Gasteiger partial charge in [0.25, 0.3) is 11.8 Å². The number of rotatable bonds is 9. The van der Waals surface area contributed by atoms with Crippen molar-refractivity contribution < 1.29 is 32.3 Å². The maximum absolute atomic E-state index is 13.4. The van der Waals surface area contributed by atoms with Crippen LogP contribution in [0.25, 0.3) is 0 Å². The Hall–Kier alpha value is -2.96. The molecule has 0 saturated carbocycles. The van der Waals surface area contributed by atoms with Crippen LogP contribution in [0.4, 0.5) is 5.00 Å². The van der Waals surface area contributed by atoms with Crippen molar-refractivity contribution in [1.82, 2.24) is 9.21 Å². The summed E-state index contributed by atoms with van der Waals surface area (Å²) < 4.78 is 37.5. The average molecular weight is 496 g/mol. The summed E-state index contributed by atoms with van der Waals surface area (Å²) in [5.74, 6) is -1.43. The largest absolute Gasteiger partial charge is 0.493 e. The highest BCUT2D eigenvalue weighted by Crippen LogP contribution is 2.41. The summed E-state index contributed by atoms with van der Waals surface area (Å²) in [5.41, 5.74) is 0.576. The number of anilines is 1. The highest BCUT2D eigenvalue weighted by atomic mass is 32.2. The van der Waals surface area contributed by atoms with Gasteiger partial charge >= 0.3 is 0 Å². The third kappa shape index (κ3) is 4.72. The summed E-state index contributed by atoms with van der Waals surface area (Å²) in [6.45, 7) is 3.41. The van der Waals surface area contributed by atoms with E-state index in [0.29, 0.717) is 23.7 Å². The quantitative estimate of drug-likeness (QED) is 0.530. The summed E-state index contributed by atoms with van der Waals surface area (Å²) in [6.07, 6.45) is 0. The van der Waals surface area contributed by atoms with Gasteiger partial charge in [-0.2, -0.15) is 0 Å². The summed E-state index contributed by atoms with van der Waals surface area (Å²) in [6, 6.07) is 3.63. The van der Waals surface area contributed by atoms with E-state index < -0.39 is 33.6 Å². The van der Waals surface area contributed by atoms with Crippen LogP contribution in [0.15, 0.2) is 23.6 Å². The molecule has 0 spiro atoms. The molecule has 12 heteroatoms. The van der Waals surface area contributed by atoms with Crippen molar-refractivity contribution in [3.8, 4) is 11.5 Å². The Morgan fingerprint density at radius 2 is 1.91 bits per heavy atom. The fourth-order valence-electron chi connectivity index (χ4n) is 3.44. The minimum Gasteiger partial charge on any atom is -0.493 e. The maximum atomic E-state index is 13.4. The van der Waals surface area contributed by atoms with Crippen LogP contribution in [-0.2, 0) is 14.8 Å². The number of benzene rings is 1. The molecule has 3 amide bonds. The lowest BCUT2D eigenvalue weighted by molar-refractivity contribution is -0.114. The summed E-state index contributed by atoms with van der Waals surface area (Å²) in [4.78, 5) is 39.1. The molecule has 33 heavy (non-hydrogen) atoms. The Bertz CT molecular complexity index is 1200. The number of carbonyl (C=O) groups excluding carboxylic acids is 3. The predicted octanol–water partition coefficient (Wildman–Crippen LogP) is 2.34. The molecular weight excluding hydrogens is 470 g/mol. The predicted molar refractivity (Wildman–Crippen MR) is 124 cm³/mol. The normalized spacial score (nSPS) is 14.4. The van der Waals surface area contributed by atoms with Gasteiger partial charge in [-0.15, -0.1) is 11.3 Å². The van der Waals surface area contributed by atoms with E-state index >= 15 is 0 Å². The highest BCUT2D eigenvalue weighted by molar-refractivity contribution is 7.89. The average Bonchev–Trinajstić information content (AvgIpc) is 3.25. The Labute approximate surface area is 196 Å². The first-order chi connectivity index (χ1) is 15.5. The van der Waals surface area contributed by atoms with E-state index in [2.05, 4.69) is 5.32 Å². The number of hydrogen-bond donors (Lipinski definition) is 1. The molecule has 3 rings (SSSR count). The monoisotopic (exact) mass is 495 g/mol. The standard InChI is InChI=1S/C21H25N3O7S2/c1-6-31-17-9-13(7-8-16(17)30-5)15(11-33(28,29)23(3)4)24-20(26)14-10-32-19(22-12(2)25)18(14)21(24)27/h7-10,15H,6,11H2,1-5H3,(H,22,25)/t15-/m0/s1. The van der Waals surface area contributed by atoms with Gasteiger partial charge in [-0.1, -0.05) is 6.07 Å². The number of imide groups is 1. The fraction of sp³-hybridized carbons (Fsp3) is 0.381. The van der Waals surface area contributed by atoms with Gasteiger partial charge in [0.15, 0.2) is 11.5 Å². The highest BCUT2D eigenvalue weighted by Gasteiger charge is 2.45. The van der Waals surface area contributed by atoms with Gasteiger partial charge in [0.05, 0.1) is 36.6 Å². The van der Waals surface area contributed by atoms with Crippen molar-refractivity contribution in [1.29, 1.82) is 0 Å². The SMILES string of the molecule is CCOc1cc([C@H](CS(=O)(=O)N(C)C)N2C(=O)c3csc(NC(C)=O)c3C2=O)ccc1OC. The van der Waals surface area contributed by atoms with Gasteiger partial charge in [-0.3, -0.25) is 19.3 Å². The van der Waals surface area contributed by atoms with E-state index in [-0.39, 0.29) is 22.0 Å². The maximum Gasteiger partial charge on any atom is 0.265 e. The molecule has 0 fully saturated rings. The van der Waals surface area contributed by atoms with Crippen LogP contribution < -0.4 is 14.8 Å². The number of ether oxygens (including phenoxy) is 2. The lowest BCUT2D eigenvalue weighted by Gasteiger charge is -2.28. The number of thiophene rings is 1. The molecule has 2 heterocycles. The van der Waals surface area contributed by atoms with Crippen molar-refractivity contribution in [2.45, 2.75) is 19.9 Å². The molecule has 1 aliphatic rings. The zero-order chi connectivity index (χ0) is 24.5. The molecule has 0 saturated heterocycles. The first-order valence-electron chi connectivity index (χ1n) is 9.99. The van der Waals surface area contributed by atoms with Crippen LogP contribution >= 0.6 is 11.3 Å². The molecule has 1 N–H and O–H groups in total.